The van der Waals surface area contributed by atoms with Gasteiger partial charge in [-0.1, -0.05) is 12.1 Å². The Morgan fingerprint density at radius 3 is 2.17 bits per heavy atom. The van der Waals surface area contributed by atoms with Crippen LogP contribution in [0.15, 0.2) is 75.1 Å². The van der Waals surface area contributed by atoms with E-state index in [-0.39, 0.29) is 50.6 Å². The van der Waals surface area contributed by atoms with Gasteiger partial charge in [-0.3, -0.25) is 15.6 Å². The van der Waals surface area contributed by atoms with E-state index in [1.54, 1.807) is 66.7 Å². The quantitative estimate of drug-likeness (QED) is 0.0605. The van der Waals surface area contributed by atoms with E-state index in [1.165, 1.54) is 30.5 Å². The number of sulfonamides is 1. The highest BCUT2D eigenvalue weighted by atomic mass is 32.2. The molecule has 0 atom stereocenters. The van der Waals surface area contributed by atoms with Crippen LogP contribution in [0.2, 0.25) is 0 Å². The number of nitrogens with one attached hydrogen (secondary N) is 2. The van der Waals surface area contributed by atoms with Crippen LogP contribution in [0.5, 0.6) is 11.5 Å². The number of nitrogens with zero attached hydrogens (tertiary/aromatic N) is 3. The molecule has 1 aromatic heterocycles. The van der Waals surface area contributed by atoms with Gasteiger partial charge in [-0.05, 0) is 90.4 Å². The number of alkyl carbamates (subject to hydrolysis) is 1. The summed E-state index contributed by atoms with van der Waals surface area (Å²) in [5, 5.41) is 19.9. The van der Waals surface area contributed by atoms with E-state index >= 15 is 0 Å². The van der Waals surface area contributed by atoms with Gasteiger partial charge in [-0.25, -0.2) is 18.0 Å². The lowest BCUT2D eigenvalue weighted by atomic mass is 10.2. The molecule has 0 saturated carbocycles. The van der Waals surface area contributed by atoms with Gasteiger partial charge < -0.3 is 22.8 Å². The molecule has 0 saturated heterocycles. The number of benzene rings is 2. The maximum atomic E-state index is 13.8. The van der Waals surface area contributed by atoms with Gasteiger partial charge in [0, 0.05) is 25.5 Å². The first-order valence-corrected chi connectivity index (χ1v) is 19.4. The summed E-state index contributed by atoms with van der Waals surface area (Å²) in [6.45, 7) is 10.8. The Labute approximate surface area is 315 Å². The molecule has 3 aromatic rings. The van der Waals surface area contributed by atoms with Gasteiger partial charge in [0.15, 0.2) is 0 Å². The van der Waals surface area contributed by atoms with Crippen LogP contribution in [0.4, 0.5) is 9.59 Å². The SMILES string of the molecule is Cc1cc(OCCCON(C(=N)NC(=O)OC(C)(C)C)C(=O)OC(C)(C)C)cc(OS(=O)(=O)c2ccccc2S(=O)(=O)N(CCC#N)Cc2ccco2)c1. The van der Waals surface area contributed by atoms with E-state index in [1.807, 2.05) is 6.07 Å². The van der Waals surface area contributed by atoms with Crippen LogP contribution in [-0.2, 0) is 41.0 Å². The lowest BCUT2D eigenvalue weighted by molar-refractivity contribution is -0.104. The highest BCUT2D eigenvalue weighted by Crippen LogP contribution is 2.30. The van der Waals surface area contributed by atoms with Gasteiger partial charge in [-0.2, -0.15) is 18.0 Å². The van der Waals surface area contributed by atoms with Gasteiger partial charge >= 0.3 is 22.3 Å². The molecule has 0 aliphatic heterocycles. The fourth-order valence-electron chi connectivity index (χ4n) is 4.43. The van der Waals surface area contributed by atoms with Gasteiger partial charge in [-0.15, -0.1) is 5.06 Å². The maximum Gasteiger partial charge on any atom is 0.442 e. The van der Waals surface area contributed by atoms with Crippen molar-refractivity contribution in [1.82, 2.24) is 14.7 Å². The summed E-state index contributed by atoms with van der Waals surface area (Å²) < 4.78 is 82.7. The van der Waals surface area contributed by atoms with Crippen molar-refractivity contribution in [2.45, 2.75) is 88.8 Å². The van der Waals surface area contributed by atoms with Gasteiger partial charge in [0.2, 0.25) is 16.0 Å². The van der Waals surface area contributed by atoms with Crippen LogP contribution in [-0.4, -0.2) is 75.3 Å². The molecule has 0 radical (unpaired) electrons. The van der Waals surface area contributed by atoms with E-state index in [9.17, 15) is 26.4 Å². The number of hydrogen-bond donors (Lipinski definition) is 2. The molecular formula is C35H45N5O12S2. The number of rotatable bonds is 15. The van der Waals surface area contributed by atoms with Crippen molar-refractivity contribution in [3.63, 3.8) is 0 Å². The van der Waals surface area contributed by atoms with Crippen molar-refractivity contribution in [3.05, 3.63) is 72.2 Å². The molecule has 0 spiro atoms. The molecule has 0 fully saturated rings. The zero-order valence-corrected chi connectivity index (χ0v) is 32.7. The van der Waals surface area contributed by atoms with Crippen LogP contribution in [0.3, 0.4) is 0 Å². The standard InChI is InChI=1S/C35H45N5O12S2/c1-25-21-27(48-19-12-20-49-40(33(42)51-35(5,6)7)31(37)38-32(41)50-34(2,3)4)23-28(22-25)52-54(45,46)30-15-9-8-14-29(30)53(43,44)39(17-11-16-36)24-26-13-10-18-47-26/h8-10,13-15,18,21-23H,11-12,17,19-20,24H2,1-7H3,(H2,37,38,41). The zero-order chi connectivity index (χ0) is 40.3. The first kappa shape index (κ1) is 43.2. The number of hydroxylamine groups is 2. The molecule has 17 nitrogen and oxygen atoms in total. The normalized spacial score (nSPS) is 12.1. The van der Waals surface area contributed by atoms with Crippen LogP contribution in [0, 0.1) is 23.7 Å². The highest BCUT2D eigenvalue weighted by molar-refractivity contribution is 7.91. The van der Waals surface area contributed by atoms with Crippen molar-refractivity contribution in [2.24, 2.45) is 0 Å². The third kappa shape index (κ3) is 13.4. The summed E-state index contributed by atoms with van der Waals surface area (Å²) in [6, 6.07) is 14.3. The lowest BCUT2D eigenvalue weighted by Gasteiger charge is -2.27. The Kier molecular flexibility index (Phi) is 14.6. The Morgan fingerprint density at radius 1 is 0.907 bits per heavy atom. The first-order valence-electron chi connectivity index (χ1n) is 16.5. The van der Waals surface area contributed by atoms with E-state index < -0.39 is 59.3 Å². The van der Waals surface area contributed by atoms with Crippen molar-refractivity contribution >= 4 is 38.3 Å². The topological polar surface area (TPSA) is 228 Å². The molecule has 0 aliphatic rings. The summed E-state index contributed by atoms with van der Waals surface area (Å²) >= 11 is 0. The van der Waals surface area contributed by atoms with Gasteiger partial charge in [0.1, 0.15) is 38.3 Å². The summed E-state index contributed by atoms with van der Waals surface area (Å²) in [5.74, 6) is -0.418. The molecule has 19 heteroatoms. The van der Waals surface area contributed by atoms with Crippen LogP contribution < -0.4 is 14.2 Å². The average Bonchev–Trinajstić information content (AvgIpc) is 3.55. The predicted octanol–water partition coefficient (Wildman–Crippen LogP) is 5.86. The minimum absolute atomic E-state index is 0.0140. The Morgan fingerprint density at radius 2 is 1.56 bits per heavy atom. The molecule has 2 aromatic carbocycles. The number of amides is 2. The number of ether oxygens (including phenoxy) is 3. The molecule has 3 rings (SSSR count). The minimum Gasteiger partial charge on any atom is -0.493 e. The smallest absolute Gasteiger partial charge is 0.442 e. The second-order valence-electron chi connectivity index (χ2n) is 13.6. The molecule has 0 unspecified atom stereocenters. The lowest BCUT2D eigenvalue weighted by Crippen LogP contribution is -2.49. The summed E-state index contributed by atoms with van der Waals surface area (Å²) in [6.07, 6.45) is -0.687. The summed E-state index contributed by atoms with van der Waals surface area (Å²) in [5.41, 5.74) is -1.26. The van der Waals surface area contributed by atoms with Crippen molar-refractivity contribution in [3.8, 4) is 17.6 Å². The van der Waals surface area contributed by atoms with E-state index in [0.29, 0.717) is 16.4 Å². The number of aryl methyl sites for hydroxylation is 1. The molecular weight excluding hydrogens is 747 g/mol. The monoisotopic (exact) mass is 791 g/mol. The summed E-state index contributed by atoms with van der Waals surface area (Å²) in [4.78, 5) is 29.2. The van der Waals surface area contributed by atoms with E-state index in [4.69, 9.17) is 38.3 Å². The first-order chi connectivity index (χ1) is 25.1. The van der Waals surface area contributed by atoms with Crippen LogP contribution >= 0.6 is 0 Å². The fraction of sp³-hybridized carbons (Fsp3) is 0.429. The predicted molar refractivity (Wildman–Crippen MR) is 193 cm³/mol. The molecule has 2 N–H and O–H groups in total. The highest BCUT2D eigenvalue weighted by Gasteiger charge is 2.33. The average molecular weight is 792 g/mol. The second-order valence-corrected chi connectivity index (χ2v) is 17.0. The van der Waals surface area contributed by atoms with E-state index in [2.05, 4.69) is 5.32 Å². The largest absolute Gasteiger partial charge is 0.493 e. The Bertz CT molecular complexity index is 2030. The number of carbonyl (C=O) groups is 2. The third-order valence-corrected chi connectivity index (χ3v) is 9.85. The molecule has 0 bridgehead atoms. The molecule has 2 amide bonds. The maximum absolute atomic E-state index is 13.8. The number of nitriles is 1. The third-order valence-electron chi connectivity index (χ3n) is 6.51. The second kappa shape index (κ2) is 18.2. The van der Waals surface area contributed by atoms with Gasteiger partial charge in [0.05, 0.1) is 32.1 Å². The number of carbonyl (C=O) groups excluding carboxylic acids is 2. The van der Waals surface area contributed by atoms with E-state index in [0.717, 1.165) is 16.4 Å². The molecule has 54 heavy (non-hydrogen) atoms. The molecule has 0 aliphatic carbocycles. The number of furan rings is 1. The minimum atomic E-state index is -4.74. The molecule has 1 heterocycles. The van der Waals surface area contributed by atoms with Crippen LogP contribution in [0.25, 0.3) is 0 Å². The zero-order valence-electron chi connectivity index (χ0n) is 31.1. The summed E-state index contributed by atoms with van der Waals surface area (Å²) in [7, 11) is -9.22. The van der Waals surface area contributed by atoms with Crippen molar-refractivity contribution < 1.29 is 54.1 Å². The number of hydrogen-bond acceptors (Lipinski definition) is 14. The fourth-order valence-corrected chi connectivity index (χ4v) is 7.53. The van der Waals surface area contributed by atoms with Gasteiger partial charge in [0.25, 0.3) is 0 Å². The number of guanidine groups is 1. The van der Waals surface area contributed by atoms with Crippen LogP contribution in [0.1, 0.15) is 65.7 Å². The van der Waals surface area contributed by atoms with Crippen molar-refractivity contribution in [2.75, 3.05) is 19.8 Å². The van der Waals surface area contributed by atoms with Crippen molar-refractivity contribution in [1.29, 1.82) is 10.7 Å². The Balaban J connectivity index is 1.72. The molecule has 294 valence electrons. The Hall–Kier alpha value is -5.16.